The van der Waals surface area contributed by atoms with Crippen LogP contribution in [0.3, 0.4) is 0 Å². The monoisotopic (exact) mass is 506 g/mol. The Balaban J connectivity index is 2.93. The molecule has 0 aliphatic heterocycles. The maximum absolute atomic E-state index is 13.1. The van der Waals surface area contributed by atoms with Crippen molar-refractivity contribution in [2.45, 2.75) is 84.7 Å². The van der Waals surface area contributed by atoms with Gasteiger partial charge in [-0.05, 0) is 29.7 Å². The van der Waals surface area contributed by atoms with Crippen LogP contribution in [0.25, 0.3) is 0 Å². The molecule has 10 nitrogen and oxygen atoms in total. The fraction of sp³-hybridized carbons (Fsp3) is 0.615. The van der Waals surface area contributed by atoms with Crippen LogP contribution in [0, 0.1) is 17.8 Å². The number of rotatable bonds is 14. The molecule has 0 spiro atoms. The summed E-state index contributed by atoms with van der Waals surface area (Å²) in [6.45, 7) is 10.7. The fourth-order valence-electron chi connectivity index (χ4n) is 3.73. The molecule has 0 bridgehead atoms. The Morgan fingerprint density at radius 2 is 1.28 bits per heavy atom. The Morgan fingerprint density at radius 1 is 0.806 bits per heavy atom. The number of benzene rings is 1. The van der Waals surface area contributed by atoms with E-state index in [-0.39, 0.29) is 24.2 Å². The molecule has 0 saturated carbocycles. The third kappa shape index (κ3) is 9.94. The molecule has 1 rings (SSSR count). The first-order valence-corrected chi connectivity index (χ1v) is 12.4. The van der Waals surface area contributed by atoms with E-state index in [2.05, 4.69) is 16.0 Å². The lowest BCUT2D eigenvalue weighted by molar-refractivity contribution is -0.142. The lowest BCUT2D eigenvalue weighted by Gasteiger charge is -2.29. The van der Waals surface area contributed by atoms with Crippen LogP contribution < -0.4 is 21.7 Å². The Morgan fingerprint density at radius 3 is 1.72 bits per heavy atom. The van der Waals surface area contributed by atoms with Gasteiger partial charge in [0.15, 0.2) is 0 Å². The number of hydrogen-bond acceptors (Lipinski definition) is 6. The van der Waals surface area contributed by atoms with Crippen molar-refractivity contribution in [1.82, 2.24) is 16.0 Å². The topological polar surface area (TPSA) is 171 Å². The number of nitrogens with two attached hydrogens (primary N) is 1. The smallest absolute Gasteiger partial charge is 0.326 e. The van der Waals surface area contributed by atoms with E-state index in [1.165, 1.54) is 0 Å². The van der Waals surface area contributed by atoms with Crippen molar-refractivity contribution in [2.24, 2.45) is 23.5 Å². The van der Waals surface area contributed by atoms with Crippen molar-refractivity contribution in [1.29, 1.82) is 0 Å². The zero-order valence-corrected chi connectivity index (χ0v) is 22.0. The molecule has 0 aliphatic rings. The van der Waals surface area contributed by atoms with Crippen LogP contribution in [0.2, 0.25) is 0 Å². The van der Waals surface area contributed by atoms with E-state index >= 15 is 0 Å². The molecule has 5 atom stereocenters. The summed E-state index contributed by atoms with van der Waals surface area (Å²) in [6, 6.07) is 4.85. The molecule has 1 aromatic carbocycles. The second kappa shape index (κ2) is 14.5. The van der Waals surface area contributed by atoms with Crippen LogP contribution in [0.15, 0.2) is 30.3 Å². The van der Waals surface area contributed by atoms with Gasteiger partial charge in [-0.3, -0.25) is 14.4 Å². The lowest BCUT2D eigenvalue weighted by Crippen LogP contribution is -2.60. The highest BCUT2D eigenvalue weighted by atomic mass is 16.4. The number of hydrogen-bond donors (Lipinski definition) is 6. The van der Waals surface area contributed by atoms with Crippen LogP contribution in [0.4, 0.5) is 0 Å². The number of nitrogens with one attached hydrogen (secondary N) is 3. The van der Waals surface area contributed by atoms with Gasteiger partial charge >= 0.3 is 5.97 Å². The quantitative estimate of drug-likeness (QED) is 0.217. The molecule has 0 saturated heterocycles. The third-order valence-electron chi connectivity index (χ3n) is 5.81. The standard InChI is InChI=1S/C26H42N4O6/c1-14(2)12-18(27)22(31)25(34)30-21(16(5)6)24(33)29-20(15(3)4)23(32)28-19(26(35)36)13-17-10-8-7-9-11-17/h7-11,14-16,18-22,31H,12-13,27H2,1-6H3,(H,28,32)(H,29,33)(H,30,34)(H,35,36). The van der Waals surface area contributed by atoms with E-state index in [1.807, 2.05) is 19.9 Å². The molecule has 5 unspecified atom stereocenters. The number of carbonyl (C=O) groups is 4. The third-order valence-corrected chi connectivity index (χ3v) is 5.81. The van der Waals surface area contributed by atoms with Crippen molar-refractivity contribution < 1.29 is 29.4 Å². The zero-order chi connectivity index (χ0) is 27.6. The largest absolute Gasteiger partial charge is 0.480 e. The number of aliphatic hydroxyl groups excluding tert-OH is 1. The molecule has 1 aromatic rings. The SMILES string of the molecule is CC(C)CC(N)C(O)C(=O)NC(C(=O)NC(C(=O)NC(Cc1ccccc1)C(=O)O)C(C)C)C(C)C. The summed E-state index contributed by atoms with van der Waals surface area (Å²) in [5.74, 6) is -3.77. The normalized spacial score (nSPS) is 15.6. The van der Waals surface area contributed by atoms with E-state index in [4.69, 9.17) is 5.73 Å². The van der Waals surface area contributed by atoms with Crippen LogP contribution in [-0.2, 0) is 25.6 Å². The Kier molecular flexibility index (Phi) is 12.5. The lowest BCUT2D eigenvalue weighted by atomic mass is 9.97. The summed E-state index contributed by atoms with van der Waals surface area (Å²) in [5, 5.41) is 27.6. The van der Waals surface area contributed by atoms with Gasteiger partial charge in [0.1, 0.15) is 24.2 Å². The molecular weight excluding hydrogens is 464 g/mol. The molecular formula is C26H42N4O6. The van der Waals surface area contributed by atoms with Gasteiger partial charge in [-0.25, -0.2) is 4.79 Å². The van der Waals surface area contributed by atoms with Crippen molar-refractivity contribution in [3.63, 3.8) is 0 Å². The van der Waals surface area contributed by atoms with Crippen LogP contribution in [-0.4, -0.2) is 64.2 Å². The molecule has 202 valence electrons. The summed E-state index contributed by atoms with van der Waals surface area (Å²) in [6.07, 6.45) is -0.976. The molecule has 0 aliphatic carbocycles. The van der Waals surface area contributed by atoms with Gasteiger partial charge in [0.2, 0.25) is 11.8 Å². The van der Waals surface area contributed by atoms with E-state index < -0.39 is 54.0 Å². The Hall–Kier alpha value is -2.98. The van der Waals surface area contributed by atoms with Crippen molar-refractivity contribution >= 4 is 23.7 Å². The van der Waals surface area contributed by atoms with Gasteiger partial charge < -0.3 is 31.9 Å². The van der Waals surface area contributed by atoms with Crippen molar-refractivity contribution in [3.05, 3.63) is 35.9 Å². The van der Waals surface area contributed by atoms with E-state index in [0.717, 1.165) is 5.56 Å². The number of aliphatic hydroxyl groups is 1. The molecule has 7 N–H and O–H groups in total. The van der Waals surface area contributed by atoms with E-state index in [1.54, 1.807) is 52.0 Å². The average Bonchev–Trinajstić information content (AvgIpc) is 2.79. The predicted octanol–water partition coefficient (Wildman–Crippen LogP) is 0.814. The highest BCUT2D eigenvalue weighted by Crippen LogP contribution is 2.11. The number of amides is 3. The summed E-state index contributed by atoms with van der Waals surface area (Å²) in [5.41, 5.74) is 6.66. The number of aliphatic carboxylic acids is 1. The minimum atomic E-state index is -1.49. The number of carboxylic acids is 1. The highest BCUT2D eigenvalue weighted by Gasteiger charge is 2.34. The second-order valence-electron chi connectivity index (χ2n) is 10.3. The molecule has 36 heavy (non-hydrogen) atoms. The van der Waals surface area contributed by atoms with Gasteiger partial charge in [0.25, 0.3) is 5.91 Å². The van der Waals surface area contributed by atoms with Crippen LogP contribution >= 0.6 is 0 Å². The zero-order valence-electron chi connectivity index (χ0n) is 22.0. The highest BCUT2D eigenvalue weighted by molar-refractivity contribution is 5.94. The van der Waals surface area contributed by atoms with Gasteiger partial charge in [0, 0.05) is 12.5 Å². The van der Waals surface area contributed by atoms with Crippen molar-refractivity contribution in [3.8, 4) is 0 Å². The molecule has 10 heteroatoms. The Labute approximate surface area is 213 Å². The predicted molar refractivity (Wildman–Crippen MR) is 137 cm³/mol. The fourth-order valence-corrected chi connectivity index (χ4v) is 3.73. The maximum Gasteiger partial charge on any atom is 0.326 e. The van der Waals surface area contributed by atoms with E-state index in [0.29, 0.717) is 6.42 Å². The molecule has 0 aromatic heterocycles. The maximum atomic E-state index is 13.1. The molecule has 3 amide bonds. The van der Waals surface area contributed by atoms with Gasteiger partial charge in [-0.2, -0.15) is 0 Å². The minimum Gasteiger partial charge on any atom is -0.480 e. The average molecular weight is 507 g/mol. The molecule has 0 radical (unpaired) electrons. The van der Waals surface area contributed by atoms with Crippen LogP contribution in [0.5, 0.6) is 0 Å². The minimum absolute atomic E-state index is 0.0832. The van der Waals surface area contributed by atoms with E-state index in [9.17, 15) is 29.4 Å². The van der Waals surface area contributed by atoms with Gasteiger partial charge in [0.05, 0.1) is 0 Å². The first-order valence-electron chi connectivity index (χ1n) is 12.4. The summed E-state index contributed by atoms with van der Waals surface area (Å²) in [7, 11) is 0. The second-order valence-corrected chi connectivity index (χ2v) is 10.3. The van der Waals surface area contributed by atoms with Gasteiger partial charge in [-0.1, -0.05) is 71.9 Å². The molecule has 0 fully saturated rings. The summed E-state index contributed by atoms with van der Waals surface area (Å²) < 4.78 is 0. The summed E-state index contributed by atoms with van der Waals surface area (Å²) in [4.78, 5) is 50.4. The first kappa shape index (κ1) is 31.1. The molecule has 0 heterocycles. The Bertz CT molecular complexity index is 874. The summed E-state index contributed by atoms with van der Waals surface area (Å²) >= 11 is 0. The number of carbonyl (C=O) groups excluding carboxylic acids is 3. The first-order chi connectivity index (χ1) is 16.7. The van der Waals surface area contributed by atoms with Gasteiger partial charge in [-0.15, -0.1) is 0 Å². The number of carboxylic acid groups (broad SMARTS) is 1. The van der Waals surface area contributed by atoms with Crippen molar-refractivity contribution in [2.75, 3.05) is 0 Å². The van der Waals surface area contributed by atoms with Crippen LogP contribution in [0.1, 0.15) is 53.5 Å².